The Labute approximate surface area is 245 Å². The molecule has 0 saturated heterocycles. The average Bonchev–Trinajstić information content (AvgIpc) is 2.91. The van der Waals surface area contributed by atoms with Crippen LogP contribution in [0.15, 0.2) is 90.7 Å². The van der Waals surface area contributed by atoms with Gasteiger partial charge in [0.2, 0.25) is 0 Å². The average molecular weight is 551 g/mol. The Morgan fingerprint density at radius 2 is 1.48 bits per heavy atom. The van der Waals surface area contributed by atoms with Crippen LogP contribution in [0.3, 0.4) is 0 Å². The van der Waals surface area contributed by atoms with Gasteiger partial charge in [0.25, 0.3) is 0 Å². The molecule has 0 bridgehead atoms. The van der Waals surface area contributed by atoms with Gasteiger partial charge in [-0.15, -0.1) is 0 Å². The van der Waals surface area contributed by atoms with Crippen molar-refractivity contribution in [1.82, 2.24) is 0 Å². The molecular formula is C36H55FN2O. The molecule has 0 aliphatic carbocycles. The highest BCUT2D eigenvalue weighted by atomic mass is 19.1. The third kappa shape index (κ3) is 18.0. The molecule has 2 aromatic carbocycles. The number of allylic oxidation sites excluding steroid dienone is 6. The summed E-state index contributed by atoms with van der Waals surface area (Å²) >= 11 is 0. The largest absolute Gasteiger partial charge is 0.372 e. The molecule has 0 amide bonds. The Morgan fingerprint density at radius 3 is 1.85 bits per heavy atom. The maximum atomic E-state index is 12.5. The van der Waals surface area contributed by atoms with E-state index in [0.717, 1.165) is 47.6 Å². The third-order valence-electron chi connectivity index (χ3n) is 5.56. The van der Waals surface area contributed by atoms with Crippen molar-refractivity contribution in [1.29, 1.82) is 0 Å². The van der Waals surface area contributed by atoms with Crippen molar-refractivity contribution in [3.05, 3.63) is 108 Å². The topological polar surface area (TPSA) is 32.3 Å². The normalized spacial score (nSPS) is 10.2. The van der Waals surface area contributed by atoms with Gasteiger partial charge in [0.15, 0.2) is 5.78 Å². The molecule has 40 heavy (non-hydrogen) atoms. The number of halogens is 1. The van der Waals surface area contributed by atoms with Gasteiger partial charge in [0.1, 0.15) is 5.82 Å². The number of carbonyl (C=O) groups is 1. The Bertz CT molecular complexity index is 1060. The maximum Gasteiger partial charge on any atom is 0.152 e. The highest BCUT2D eigenvalue weighted by molar-refractivity contribution is 5.87. The lowest BCUT2D eigenvalue weighted by atomic mass is 10.1. The molecule has 2 rings (SSSR count). The number of anilines is 2. The highest BCUT2D eigenvalue weighted by Gasteiger charge is 2.04. The number of rotatable bonds is 11. The van der Waals surface area contributed by atoms with Crippen molar-refractivity contribution in [2.45, 2.75) is 88.5 Å². The van der Waals surface area contributed by atoms with Crippen LogP contribution in [0.25, 0.3) is 0 Å². The summed E-state index contributed by atoms with van der Waals surface area (Å²) in [5.74, 6) is -0.0831. The van der Waals surface area contributed by atoms with Gasteiger partial charge in [-0.3, -0.25) is 4.79 Å². The first-order chi connectivity index (χ1) is 19.0. The van der Waals surface area contributed by atoms with Crippen LogP contribution in [0.4, 0.5) is 15.8 Å². The van der Waals surface area contributed by atoms with Gasteiger partial charge in [-0.05, 0) is 113 Å². The fourth-order valence-electron chi connectivity index (χ4n) is 3.66. The summed E-state index contributed by atoms with van der Waals surface area (Å²) in [7, 11) is 0. The van der Waals surface area contributed by atoms with E-state index >= 15 is 0 Å². The van der Waals surface area contributed by atoms with Gasteiger partial charge in [-0.1, -0.05) is 71.6 Å². The minimum absolute atomic E-state index is 0.0607. The molecule has 0 fully saturated rings. The zero-order valence-electron chi connectivity index (χ0n) is 27.0. The lowest BCUT2D eigenvalue weighted by molar-refractivity contribution is -0.112. The Hall–Kier alpha value is -3.40. The minimum atomic E-state index is -0.144. The third-order valence-corrected chi connectivity index (χ3v) is 5.56. The molecule has 222 valence electrons. The van der Waals surface area contributed by atoms with Gasteiger partial charge < -0.3 is 10.2 Å². The first-order valence-corrected chi connectivity index (χ1v) is 14.5. The number of benzene rings is 2. The van der Waals surface area contributed by atoms with E-state index in [4.69, 9.17) is 0 Å². The van der Waals surface area contributed by atoms with E-state index in [1.165, 1.54) is 37.1 Å². The van der Waals surface area contributed by atoms with E-state index in [9.17, 15) is 9.18 Å². The summed E-state index contributed by atoms with van der Waals surface area (Å²) in [6, 6.07) is 13.5. The van der Waals surface area contributed by atoms with E-state index in [2.05, 4.69) is 68.4 Å². The van der Waals surface area contributed by atoms with Gasteiger partial charge in [-0.25, -0.2) is 4.39 Å². The molecule has 1 N–H and O–H groups in total. The van der Waals surface area contributed by atoms with Crippen LogP contribution in [-0.2, 0) is 11.2 Å². The molecule has 0 aromatic heterocycles. The molecule has 0 saturated carbocycles. The van der Waals surface area contributed by atoms with Crippen LogP contribution in [0.2, 0.25) is 0 Å². The molecule has 4 heteroatoms. The SMILES string of the molecule is C=C(C)C(/C=C\C(C)=O)=C\C.C=C(C)Nc1ccc(N(CCC)CCC)cc1.CC.CCc1ccc(F)cc1C. The number of aryl methyl sites for hydroxylation is 2. The molecule has 3 nitrogen and oxygen atoms in total. The second kappa shape index (κ2) is 23.5. The zero-order valence-corrected chi connectivity index (χ0v) is 27.0. The van der Waals surface area contributed by atoms with Crippen LogP contribution < -0.4 is 10.2 Å². The van der Waals surface area contributed by atoms with E-state index in [1.54, 1.807) is 18.2 Å². The quantitative estimate of drug-likeness (QED) is 0.223. The molecule has 0 aliphatic heterocycles. The number of hydrogen-bond donors (Lipinski definition) is 1. The van der Waals surface area contributed by atoms with Crippen LogP contribution in [0, 0.1) is 12.7 Å². The molecular weight excluding hydrogens is 495 g/mol. The molecule has 0 unspecified atom stereocenters. The predicted octanol–water partition coefficient (Wildman–Crippen LogP) is 10.6. The van der Waals surface area contributed by atoms with Crippen LogP contribution in [-0.4, -0.2) is 18.9 Å². The summed E-state index contributed by atoms with van der Waals surface area (Å²) in [5.41, 5.74) is 7.64. The highest BCUT2D eigenvalue weighted by Crippen LogP contribution is 2.19. The van der Waals surface area contributed by atoms with E-state index < -0.39 is 0 Å². The zero-order chi connectivity index (χ0) is 31.1. The summed E-state index contributed by atoms with van der Waals surface area (Å²) in [6.07, 6.45) is 8.61. The first-order valence-electron chi connectivity index (χ1n) is 14.5. The monoisotopic (exact) mass is 550 g/mol. The fourth-order valence-corrected chi connectivity index (χ4v) is 3.66. The molecule has 0 radical (unpaired) electrons. The van der Waals surface area contributed by atoms with E-state index in [-0.39, 0.29) is 11.6 Å². The summed E-state index contributed by atoms with van der Waals surface area (Å²) in [6.45, 7) is 29.7. The van der Waals surface area contributed by atoms with Gasteiger partial charge in [-0.2, -0.15) is 0 Å². The van der Waals surface area contributed by atoms with Gasteiger partial charge >= 0.3 is 0 Å². The smallest absolute Gasteiger partial charge is 0.152 e. The van der Waals surface area contributed by atoms with Crippen LogP contribution >= 0.6 is 0 Å². The second-order valence-corrected chi connectivity index (χ2v) is 9.33. The maximum absolute atomic E-state index is 12.5. The lowest BCUT2D eigenvalue weighted by Crippen LogP contribution is -2.24. The Kier molecular flexibility index (Phi) is 22.7. The van der Waals surface area contributed by atoms with Crippen LogP contribution in [0.1, 0.15) is 86.3 Å². The number of carbonyl (C=O) groups excluding carboxylic acids is 1. The number of hydrogen-bond acceptors (Lipinski definition) is 3. The summed E-state index contributed by atoms with van der Waals surface area (Å²) in [5, 5.41) is 3.22. The standard InChI is InChI=1S/C15H24N2.C10H14O.C9H11F.C2H6/c1-5-11-17(12-6-2)15-9-7-14(8-10-15)16-13(3)4;1-5-10(8(2)3)7-6-9(4)11;1-3-8-4-5-9(10)6-7(8)2;1-2/h7-10,16H,3,5-6,11-12H2,1-2,4H3;5-7H,2H2,1,3-4H3;4-6H,3H2,1-2H3;1-2H3/b;7-6-,10-5-;;. The van der Waals surface area contributed by atoms with Crippen molar-refractivity contribution in [3.8, 4) is 0 Å². The van der Waals surface area contributed by atoms with Crippen molar-refractivity contribution in [3.63, 3.8) is 0 Å². The van der Waals surface area contributed by atoms with Crippen molar-refractivity contribution < 1.29 is 9.18 Å². The molecule has 2 aromatic rings. The summed E-state index contributed by atoms with van der Waals surface area (Å²) < 4.78 is 12.5. The first kappa shape index (κ1) is 38.7. The minimum Gasteiger partial charge on any atom is -0.372 e. The van der Waals surface area contributed by atoms with Crippen molar-refractivity contribution in [2.24, 2.45) is 0 Å². The van der Waals surface area contributed by atoms with E-state index in [0.29, 0.717) is 0 Å². The number of nitrogens with one attached hydrogen (secondary N) is 1. The molecule has 0 atom stereocenters. The van der Waals surface area contributed by atoms with Crippen LogP contribution in [0.5, 0.6) is 0 Å². The molecule has 0 spiro atoms. The fraction of sp³-hybridized carbons (Fsp3) is 0.417. The Morgan fingerprint density at radius 1 is 0.925 bits per heavy atom. The van der Waals surface area contributed by atoms with E-state index in [1.807, 2.05) is 53.7 Å². The second-order valence-electron chi connectivity index (χ2n) is 9.33. The number of ketones is 1. The van der Waals surface area contributed by atoms with Crippen molar-refractivity contribution in [2.75, 3.05) is 23.3 Å². The van der Waals surface area contributed by atoms with Gasteiger partial charge in [0.05, 0.1) is 0 Å². The van der Waals surface area contributed by atoms with Gasteiger partial charge in [0, 0.05) is 30.2 Å². The lowest BCUT2D eigenvalue weighted by Gasteiger charge is -2.24. The number of nitrogens with zero attached hydrogens (tertiary/aromatic N) is 1. The predicted molar refractivity (Wildman–Crippen MR) is 178 cm³/mol. The Balaban J connectivity index is 0. The molecule has 0 aliphatic rings. The summed E-state index contributed by atoms with van der Waals surface area (Å²) in [4.78, 5) is 13.0. The van der Waals surface area contributed by atoms with Crippen molar-refractivity contribution >= 4 is 17.2 Å². The molecule has 0 heterocycles.